The summed E-state index contributed by atoms with van der Waals surface area (Å²) in [6, 6.07) is 13.3. The number of hydrogen-bond donors (Lipinski definition) is 1. The smallest absolute Gasteiger partial charge is 0.294 e. The van der Waals surface area contributed by atoms with Gasteiger partial charge < -0.3 is 14.9 Å². The predicted octanol–water partition coefficient (Wildman–Crippen LogP) is 3.30. The van der Waals surface area contributed by atoms with Gasteiger partial charge in [-0.25, -0.2) is 4.39 Å². The largest absolute Gasteiger partial charge is 0.502 e. The highest BCUT2D eigenvalue weighted by Crippen LogP contribution is 2.30. The van der Waals surface area contributed by atoms with Gasteiger partial charge in [-0.15, -0.1) is 0 Å². The Morgan fingerprint density at radius 3 is 2.44 bits per heavy atom. The van der Waals surface area contributed by atoms with Gasteiger partial charge in [0.05, 0.1) is 17.1 Å². The standard InChI is InChI=1S/C25H23ClFN3O4/c1-28(2)24(33)21-17-10-11-29(13-16-8-9-19(27)18(26)12-16)23(32)20(17)22(31)25(34)30(21)14-15-6-4-3-5-7-15/h3-9,12,31H,10-11,13-14H2,1-2H3. The maximum Gasteiger partial charge on any atom is 0.294 e. The fraction of sp³-hybridized carbons (Fsp3) is 0.240. The summed E-state index contributed by atoms with van der Waals surface area (Å²) in [7, 11) is 3.13. The Hall–Kier alpha value is -3.65. The third-order valence-electron chi connectivity index (χ3n) is 5.82. The second kappa shape index (κ2) is 9.30. The van der Waals surface area contributed by atoms with E-state index >= 15 is 0 Å². The van der Waals surface area contributed by atoms with E-state index in [2.05, 4.69) is 0 Å². The summed E-state index contributed by atoms with van der Waals surface area (Å²) in [5.41, 5.74) is 0.819. The molecule has 1 N–H and O–H groups in total. The lowest BCUT2D eigenvalue weighted by Gasteiger charge is -2.31. The molecule has 0 fully saturated rings. The number of hydrogen-bond acceptors (Lipinski definition) is 4. The third kappa shape index (κ3) is 4.28. The molecule has 4 rings (SSSR count). The number of carbonyl (C=O) groups is 2. The van der Waals surface area contributed by atoms with Crippen LogP contribution in [0.3, 0.4) is 0 Å². The van der Waals surface area contributed by atoms with Gasteiger partial charge in [0, 0.05) is 32.7 Å². The number of aromatic nitrogens is 1. The van der Waals surface area contributed by atoms with E-state index in [1.807, 2.05) is 30.3 Å². The van der Waals surface area contributed by atoms with Gasteiger partial charge in [0.2, 0.25) is 0 Å². The van der Waals surface area contributed by atoms with Crippen LogP contribution in [0.15, 0.2) is 53.3 Å². The van der Waals surface area contributed by atoms with Crippen molar-refractivity contribution in [2.75, 3.05) is 20.6 Å². The first kappa shape index (κ1) is 23.5. The highest BCUT2D eigenvalue weighted by atomic mass is 35.5. The molecule has 7 nitrogen and oxygen atoms in total. The maximum absolute atomic E-state index is 13.5. The van der Waals surface area contributed by atoms with Crippen molar-refractivity contribution in [3.63, 3.8) is 0 Å². The topological polar surface area (TPSA) is 82.9 Å². The van der Waals surface area contributed by atoms with E-state index in [0.717, 1.165) is 5.56 Å². The van der Waals surface area contributed by atoms with Crippen LogP contribution in [-0.4, -0.2) is 51.9 Å². The molecule has 9 heteroatoms. The Morgan fingerprint density at radius 1 is 1.09 bits per heavy atom. The van der Waals surface area contributed by atoms with E-state index in [0.29, 0.717) is 11.1 Å². The normalized spacial score (nSPS) is 13.1. The summed E-state index contributed by atoms with van der Waals surface area (Å²) in [6.07, 6.45) is 0.257. The second-order valence-electron chi connectivity index (χ2n) is 8.35. The Labute approximate surface area is 200 Å². The zero-order chi connectivity index (χ0) is 24.6. The van der Waals surface area contributed by atoms with Crippen molar-refractivity contribution in [2.24, 2.45) is 0 Å². The van der Waals surface area contributed by atoms with Crippen molar-refractivity contribution < 1.29 is 19.1 Å². The van der Waals surface area contributed by atoms with Gasteiger partial charge in [-0.2, -0.15) is 0 Å². The molecule has 2 amide bonds. The zero-order valence-electron chi connectivity index (χ0n) is 18.7. The molecule has 0 saturated heterocycles. The van der Waals surface area contributed by atoms with Crippen LogP contribution in [0.5, 0.6) is 5.75 Å². The van der Waals surface area contributed by atoms with Crippen LogP contribution in [0.25, 0.3) is 0 Å². The van der Waals surface area contributed by atoms with Gasteiger partial charge in [-0.3, -0.25) is 19.0 Å². The number of pyridine rings is 1. The van der Waals surface area contributed by atoms with Crippen LogP contribution in [0.1, 0.15) is 37.5 Å². The molecular formula is C25H23ClFN3O4. The highest BCUT2D eigenvalue weighted by molar-refractivity contribution is 6.30. The average Bonchev–Trinajstić information content (AvgIpc) is 2.81. The summed E-state index contributed by atoms with van der Waals surface area (Å²) in [5, 5.41) is 10.7. The maximum atomic E-state index is 13.5. The molecule has 2 aromatic carbocycles. The van der Waals surface area contributed by atoms with Crippen molar-refractivity contribution in [2.45, 2.75) is 19.5 Å². The van der Waals surface area contributed by atoms with Gasteiger partial charge in [-0.05, 0) is 29.7 Å². The monoisotopic (exact) mass is 483 g/mol. The van der Waals surface area contributed by atoms with Crippen LogP contribution < -0.4 is 5.56 Å². The molecule has 34 heavy (non-hydrogen) atoms. The molecule has 1 aliphatic heterocycles. The number of carbonyl (C=O) groups excluding carboxylic acids is 2. The fourth-order valence-electron chi connectivity index (χ4n) is 4.12. The first-order valence-corrected chi connectivity index (χ1v) is 11.0. The molecule has 0 atom stereocenters. The molecule has 3 aromatic rings. The van der Waals surface area contributed by atoms with Crippen molar-refractivity contribution >= 4 is 23.4 Å². The van der Waals surface area contributed by atoms with Crippen LogP contribution in [-0.2, 0) is 19.5 Å². The number of halogens is 2. The quantitative estimate of drug-likeness (QED) is 0.603. The second-order valence-corrected chi connectivity index (χ2v) is 8.76. The van der Waals surface area contributed by atoms with Crippen molar-refractivity contribution in [1.82, 2.24) is 14.4 Å². The first-order valence-electron chi connectivity index (χ1n) is 10.7. The molecule has 0 radical (unpaired) electrons. The molecule has 176 valence electrons. The van der Waals surface area contributed by atoms with Crippen LogP contribution in [0, 0.1) is 5.82 Å². The van der Waals surface area contributed by atoms with Gasteiger partial charge in [-0.1, -0.05) is 48.0 Å². The SMILES string of the molecule is CN(C)C(=O)c1c2c(c(O)c(=O)n1Cc1ccccc1)C(=O)N(Cc1ccc(F)c(Cl)c1)CC2. The van der Waals surface area contributed by atoms with Gasteiger partial charge in [0.1, 0.15) is 11.5 Å². The molecule has 0 unspecified atom stereocenters. The van der Waals surface area contributed by atoms with Gasteiger partial charge >= 0.3 is 0 Å². The minimum absolute atomic E-state index is 0.0622. The lowest BCUT2D eigenvalue weighted by molar-refractivity contribution is 0.0720. The predicted molar refractivity (Wildman–Crippen MR) is 126 cm³/mol. The molecule has 0 spiro atoms. The Morgan fingerprint density at radius 2 is 1.79 bits per heavy atom. The number of nitrogens with zero attached hydrogens (tertiary/aromatic N) is 3. The summed E-state index contributed by atoms with van der Waals surface area (Å²) in [5.74, 6) is -2.26. The Balaban J connectivity index is 1.80. The number of benzene rings is 2. The number of fused-ring (bicyclic) bond motifs is 1. The number of aromatic hydroxyl groups is 1. The van der Waals surface area contributed by atoms with E-state index < -0.39 is 28.9 Å². The van der Waals surface area contributed by atoms with E-state index in [1.165, 1.54) is 32.6 Å². The van der Waals surface area contributed by atoms with E-state index in [1.54, 1.807) is 14.1 Å². The van der Waals surface area contributed by atoms with Crippen molar-refractivity contribution in [3.05, 3.63) is 97.7 Å². The van der Waals surface area contributed by atoms with Gasteiger partial charge in [0.15, 0.2) is 5.75 Å². The minimum Gasteiger partial charge on any atom is -0.502 e. The highest BCUT2D eigenvalue weighted by Gasteiger charge is 2.35. The Bertz CT molecular complexity index is 1340. The number of amides is 2. The lowest BCUT2D eigenvalue weighted by Crippen LogP contribution is -2.42. The third-order valence-corrected chi connectivity index (χ3v) is 6.11. The minimum atomic E-state index is -0.812. The van der Waals surface area contributed by atoms with Crippen LogP contribution in [0.2, 0.25) is 5.02 Å². The van der Waals surface area contributed by atoms with Crippen molar-refractivity contribution in [1.29, 1.82) is 0 Å². The van der Waals surface area contributed by atoms with E-state index in [-0.39, 0.29) is 42.3 Å². The van der Waals surface area contributed by atoms with E-state index in [9.17, 15) is 23.9 Å². The van der Waals surface area contributed by atoms with Crippen LogP contribution in [0.4, 0.5) is 4.39 Å². The Kier molecular flexibility index (Phi) is 6.43. The van der Waals surface area contributed by atoms with Crippen LogP contribution >= 0.6 is 11.6 Å². The molecule has 0 bridgehead atoms. The summed E-state index contributed by atoms with van der Waals surface area (Å²) in [6.45, 7) is 0.431. The molecule has 1 aromatic heterocycles. The molecule has 1 aliphatic rings. The molecule has 0 saturated carbocycles. The van der Waals surface area contributed by atoms with Crippen molar-refractivity contribution in [3.8, 4) is 5.75 Å². The zero-order valence-corrected chi connectivity index (χ0v) is 19.5. The summed E-state index contributed by atoms with van der Waals surface area (Å²) >= 11 is 5.86. The summed E-state index contributed by atoms with van der Waals surface area (Å²) in [4.78, 5) is 42.5. The molecular weight excluding hydrogens is 461 g/mol. The lowest BCUT2D eigenvalue weighted by atomic mass is 9.95. The number of rotatable bonds is 5. The summed E-state index contributed by atoms with van der Waals surface area (Å²) < 4.78 is 14.7. The van der Waals surface area contributed by atoms with E-state index in [4.69, 9.17) is 11.6 Å². The van der Waals surface area contributed by atoms with Gasteiger partial charge in [0.25, 0.3) is 17.4 Å². The average molecular weight is 484 g/mol. The molecule has 2 heterocycles. The first-order chi connectivity index (χ1) is 16.2. The molecule has 0 aliphatic carbocycles. The fourth-order valence-corrected chi connectivity index (χ4v) is 4.33.